The maximum Gasteiger partial charge on any atom is 0.407 e. The Kier molecular flexibility index (Phi) is 8.91. The highest BCUT2D eigenvalue weighted by molar-refractivity contribution is 6.76. The highest BCUT2D eigenvalue weighted by Gasteiger charge is 2.49. The third-order valence-electron chi connectivity index (χ3n) is 8.99. The van der Waals surface area contributed by atoms with E-state index in [-0.39, 0.29) is 30.4 Å². The molecule has 2 aliphatic rings. The number of nitrogens with zero attached hydrogens (tertiary/aromatic N) is 6. The number of aryl methyl sites for hydroxylation is 1. The van der Waals surface area contributed by atoms with E-state index in [2.05, 4.69) is 35.0 Å². The van der Waals surface area contributed by atoms with Crippen LogP contribution in [0.1, 0.15) is 40.0 Å². The molecule has 1 unspecified atom stereocenters. The second-order valence-electron chi connectivity index (χ2n) is 14.9. The monoisotopic (exact) mass is 721 g/mol. The lowest BCUT2D eigenvalue weighted by molar-refractivity contribution is 0.0497. The Morgan fingerprint density at radius 2 is 1.83 bits per heavy atom. The molecule has 6 rings (SSSR count). The van der Waals surface area contributed by atoms with Gasteiger partial charge in [0.2, 0.25) is 5.95 Å². The summed E-state index contributed by atoms with van der Waals surface area (Å²) in [6, 6.07) is 2.69. The summed E-state index contributed by atoms with van der Waals surface area (Å²) in [6.45, 7) is 13.2. The van der Waals surface area contributed by atoms with E-state index in [1.807, 2.05) is 31.5 Å². The smallest absolute Gasteiger partial charge is 0.407 e. The fourth-order valence-corrected chi connectivity index (χ4v) is 8.35. The van der Waals surface area contributed by atoms with Crippen molar-refractivity contribution in [3.8, 4) is 11.1 Å². The van der Waals surface area contributed by atoms with E-state index in [0.29, 0.717) is 60.8 Å². The Bertz CT molecular complexity index is 1940. The molecule has 2 saturated heterocycles. The van der Waals surface area contributed by atoms with Gasteiger partial charge in [-0.2, -0.15) is 10.1 Å². The summed E-state index contributed by atoms with van der Waals surface area (Å²) in [5.41, 5.74) is 1.28. The molecule has 1 amide bonds. The van der Waals surface area contributed by atoms with Crippen LogP contribution in [0.15, 0.2) is 17.1 Å². The Labute approximate surface area is 290 Å². The molecule has 0 aliphatic carbocycles. The van der Waals surface area contributed by atoms with Crippen LogP contribution in [0.4, 0.5) is 10.7 Å². The number of benzene rings is 1. The average molecular weight is 723 g/mol. The molecule has 0 saturated carbocycles. The van der Waals surface area contributed by atoms with Gasteiger partial charge in [0.25, 0.3) is 5.56 Å². The Balaban J connectivity index is 1.45. The molecular formula is C32H42Cl3N7O4Si. The SMILES string of the molecule is Cn1nc2c(Cl)cc(-c3cn(COCC[Si](C)(C)C)c4nc(N5C6CC[C@H]5C[C@H]6NC(=O)OC(C)(C)C)n(C)c(=O)c34)c(Cl)c2c1Cl. The molecule has 254 valence electrons. The fraction of sp³-hybridized carbons (Fsp3) is 0.562. The van der Waals surface area contributed by atoms with Gasteiger partial charge in [0.05, 0.1) is 32.9 Å². The molecule has 0 spiro atoms. The molecule has 15 heteroatoms. The Morgan fingerprint density at radius 3 is 2.51 bits per heavy atom. The summed E-state index contributed by atoms with van der Waals surface area (Å²) in [4.78, 5) is 34.4. The van der Waals surface area contributed by atoms with E-state index in [1.165, 1.54) is 4.68 Å². The first-order valence-electron chi connectivity index (χ1n) is 15.9. The summed E-state index contributed by atoms with van der Waals surface area (Å²) in [6.07, 6.45) is 3.96. The van der Waals surface area contributed by atoms with E-state index in [9.17, 15) is 9.59 Å². The number of carbonyl (C=O) groups excluding carboxylic acids is 1. The number of halogens is 3. The standard InChI is InChI=1S/C32H42Cl3N7O4Si/c1-32(2,3)46-31(44)36-21-13-17-9-10-22(21)42(17)30-37-28-23(29(43)39(30)4)19(15-41(28)16-45-11-12-47(6,7)8)18-14-20(33)26-24(25(18)34)27(35)40(5)38-26/h14-15,17,21-22H,9-13,16H2,1-8H3,(H,36,44)/t17-,21+,22?/m0/s1. The lowest BCUT2D eigenvalue weighted by Gasteiger charge is -2.28. The summed E-state index contributed by atoms with van der Waals surface area (Å²) in [5.74, 6) is 0.548. The lowest BCUT2D eigenvalue weighted by Crippen LogP contribution is -2.46. The van der Waals surface area contributed by atoms with Gasteiger partial charge in [-0.25, -0.2) is 4.79 Å². The zero-order valence-corrected chi connectivity index (χ0v) is 31.3. The molecular weight excluding hydrogens is 681 g/mol. The van der Waals surface area contributed by atoms with Crippen molar-refractivity contribution in [1.82, 2.24) is 29.2 Å². The third-order valence-corrected chi connectivity index (χ3v) is 11.8. The highest BCUT2D eigenvalue weighted by atomic mass is 35.5. The number of hydrogen-bond acceptors (Lipinski definition) is 7. The van der Waals surface area contributed by atoms with Crippen LogP contribution >= 0.6 is 34.8 Å². The van der Waals surface area contributed by atoms with Gasteiger partial charge in [0.15, 0.2) is 5.65 Å². The number of nitrogens with one attached hydrogen (secondary N) is 1. The molecule has 5 heterocycles. The van der Waals surface area contributed by atoms with Crippen LogP contribution in [-0.2, 0) is 30.3 Å². The highest BCUT2D eigenvalue weighted by Crippen LogP contribution is 2.44. The average Bonchev–Trinajstić information content (AvgIpc) is 3.70. The zero-order chi connectivity index (χ0) is 34.2. The van der Waals surface area contributed by atoms with Gasteiger partial charge in [-0.05, 0) is 52.1 Å². The van der Waals surface area contributed by atoms with Gasteiger partial charge in [-0.3, -0.25) is 14.0 Å². The van der Waals surface area contributed by atoms with E-state index >= 15 is 0 Å². The van der Waals surface area contributed by atoms with E-state index in [4.69, 9.17) is 49.3 Å². The number of aromatic nitrogens is 5. The van der Waals surface area contributed by atoms with Crippen LogP contribution < -0.4 is 15.8 Å². The van der Waals surface area contributed by atoms with E-state index < -0.39 is 19.8 Å². The minimum atomic E-state index is -1.32. The molecule has 3 atom stereocenters. The molecule has 4 aromatic rings. The number of hydrogen-bond donors (Lipinski definition) is 1. The van der Waals surface area contributed by atoms with Crippen molar-refractivity contribution in [1.29, 1.82) is 0 Å². The van der Waals surface area contributed by atoms with Gasteiger partial charge in [0, 0.05) is 52.1 Å². The predicted octanol–water partition coefficient (Wildman–Crippen LogP) is 7.20. The molecule has 2 bridgehead atoms. The summed E-state index contributed by atoms with van der Waals surface area (Å²) < 4.78 is 16.7. The summed E-state index contributed by atoms with van der Waals surface area (Å²) >= 11 is 20.3. The van der Waals surface area contributed by atoms with Crippen LogP contribution in [0.5, 0.6) is 0 Å². The number of anilines is 1. The van der Waals surface area contributed by atoms with Crippen LogP contribution in [-0.4, -0.2) is 68.4 Å². The Hall–Kier alpha value is -2.77. The maximum absolute atomic E-state index is 14.4. The van der Waals surface area contributed by atoms with Crippen LogP contribution in [0.25, 0.3) is 33.1 Å². The number of ether oxygens (including phenoxy) is 2. The van der Waals surface area contributed by atoms with Crippen LogP contribution in [0.2, 0.25) is 40.9 Å². The number of fused-ring (bicyclic) bond motifs is 4. The predicted molar refractivity (Wildman–Crippen MR) is 191 cm³/mol. The van der Waals surface area contributed by atoms with E-state index in [0.717, 1.165) is 25.3 Å². The fourth-order valence-electron chi connectivity index (χ4n) is 6.75. The molecule has 1 aromatic carbocycles. The van der Waals surface area contributed by atoms with Gasteiger partial charge in [-0.1, -0.05) is 54.4 Å². The molecule has 1 N–H and O–H groups in total. The maximum atomic E-state index is 14.4. The van der Waals surface area contributed by atoms with Crippen molar-refractivity contribution in [2.75, 3.05) is 11.5 Å². The number of rotatable bonds is 8. The normalized spacial score (nSPS) is 19.8. The molecule has 47 heavy (non-hydrogen) atoms. The molecule has 2 fully saturated rings. The van der Waals surface area contributed by atoms with Crippen molar-refractivity contribution < 1.29 is 14.3 Å². The van der Waals surface area contributed by atoms with Crippen LogP contribution in [0, 0.1) is 0 Å². The third kappa shape index (κ3) is 6.39. The largest absolute Gasteiger partial charge is 0.444 e. The molecule has 2 aliphatic heterocycles. The first-order chi connectivity index (χ1) is 21.9. The zero-order valence-electron chi connectivity index (χ0n) is 28.1. The summed E-state index contributed by atoms with van der Waals surface area (Å²) in [7, 11) is 2.13. The van der Waals surface area contributed by atoms with Crippen molar-refractivity contribution in [3.05, 3.63) is 37.8 Å². The summed E-state index contributed by atoms with van der Waals surface area (Å²) in [5, 5.41) is 9.47. The minimum Gasteiger partial charge on any atom is -0.444 e. The van der Waals surface area contributed by atoms with Crippen molar-refractivity contribution in [3.63, 3.8) is 0 Å². The van der Waals surface area contributed by atoms with Gasteiger partial charge >= 0.3 is 6.09 Å². The van der Waals surface area contributed by atoms with Crippen molar-refractivity contribution >= 4 is 76.9 Å². The minimum absolute atomic E-state index is 0.0256. The Morgan fingerprint density at radius 1 is 1.11 bits per heavy atom. The van der Waals surface area contributed by atoms with E-state index in [1.54, 1.807) is 24.7 Å². The van der Waals surface area contributed by atoms with Gasteiger partial charge in [0.1, 0.15) is 23.0 Å². The lowest BCUT2D eigenvalue weighted by atomic mass is 9.96. The molecule has 0 radical (unpaired) electrons. The van der Waals surface area contributed by atoms with Crippen LogP contribution in [0.3, 0.4) is 0 Å². The van der Waals surface area contributed by atoms with Gasteiger partial charge in [-0.15, -0.1) is 0 Å². The first kappa shape index (κ1) is 34.1. The van der Waals surface area contributed by atoms with Crippen molar-refractivity contribution in [2.45, 2.75) is 96.2 Å². The number of carbonyl (C=O) groups is 1. The van der Waals surface area contributed by atoms with Crippen molar-refractivity contribution in [2.24, 2.45) is 14.1 Å². The molecule has 3 aromatic heterocycles. The second kappa shape index (κ2) is 12.3. The quantitative estimate of drug-likeness (QED) is 0.152. The molecule has 11 nitrogen and oxygen atoms in total. The number of amides is 1. The second-order valence-corrected chi connectivity index (χ2v) is 21.7. The first-order valence-corrected chi connectivity index (χ1v) is 20.8. The number of alkyl carbamates (subject to hydrolysis) is 1. The topological polar surface area (TPSA) is 108 Å². The van der Waals surface area contributed by atoms with Gasteiger partial charge < -0.3 is 24.3 Å².